The molecule has 0 aromatic heterocycles. The third-order valence-electron chi connectivity index (χ3n) is 4.74. The van der Waals surface area contributed by atoms with Crippen LogP contribution in [0, 0.1) is 13.8 Å². The van der Waals surface area contributed by atoms with Crippen LogP contribution < -0.4 is 10.2 Å². The molecular formula is C19H29N3O2. The van der Waals surface area contributed by atoms with E-state index in [2.05, 4.69) is 49.2 Å². The number of anilines is 1. The predicted octanol–water partition coefficient (Wildman–Crippen LogP) is 2.26. The molecule has 1 saturated heterocycles. The summed E-state index contributed by atoms with van der Waals surface area (Å²) in [5.74, 6) is -0.863. The van der Waals surface area contributed by atoms with E-state index in [1.54, 1.807) is 4.90 Å². The molecule has 1 fully saturated rings. The first kappa shape index (κ1) is 18.3. The molecule has 5 nitrogen and oxygen atoms in total. The van der Waals surface area contributed by atoms with E-state index in [9.17, 15) is 9.59 Å². The average Bonchev–Trinajstić information content (AvgIpc) is 2.60. The van der Waals surface area contributed by atoms with Crippen LogP contribution in [0.3, 0.4) is 0 Å². The molecule has 1 heterocycles. The van der Waals surface area contributed by atoms with Gasteiger partial charge in [-0.15, -0.1) is 0 Å². The summed E-state index contributed by atoms with van der Waals surface area (Å²) in [4.78, 5) is 28.1. The molecule has 0 bridgehead atoms. The lowest BCUT2D eigenvalue weighted by Gasteiger charge is -2.36. The Morgan fingerprint density at radius 2 is 1.79 bits per heavy atom. The first-order valence-corrected chi connectivity index (χ1v) is 8.93. The fourth-order valence-electron chi connectivity index (χ4n) is 3.02. The van der Waals surface area contributed by atoms with Crippen molar-refractivity contribution in [3.8, 4) is 0 Å². The standard InChI is InChI=1S/C19H29N3O2/c1-4-5-6-10-20-18(23)19(24)22-13-11-21(12-14-22)17-9-7-8-15(2)16(17)3/h7-9H,4-6,10-14H2,1-3H3,(H,20,23). The van der Waals surface area contributed by atoms with Gasteiger partial charge >= 0.3 is 11.8 Å². The molecule has 5 heteroatoms. The van der Waals surface area contributed by atoms with Gasteiger partial charge < -0.3 is 15.1 Å². The van der Waals surface area contributed by atoms with E-state index in [-0.39, 0.29) is 0 Å². The summed E-state index contributed by atoms with van der Waals surface area (Å²) < 4.78 is 0. The Bertz CT molecular complexity index is 578. The van der Waals surface area contributed by atoms with Gasteiger partial charge in [-0.1, -0.05) is 31.9 Å². The van der Waals surface area contributed by atoms with E-state index in [4.69, 9.17) is 0 Å². The summed E-state index contributed by atoms with van der Waals surface area (Å²) in [5, 5.41) is 2.73. The van der Waals surface area contributed by atoms with Crippen LogP contribution in [0.1, 0.15) is 37.3 Å². The maximum Gasteiger partial charge on any atom is 0.312 e. The fraction of sp³-hybridized carbons (Fsp3) is 0.579. The van der Waals surface area contributed by atoms with E-state index in [1.165, 1.54) is 16.8 Å². The van der Waals surface area contributed by atoms with Crippen molar-refractivity contribution in [2.75, 3.05) is 37.6 Å². The molecular weight excluding hydrogens is 302 g/mol. The molecule has 132 valence electrons. The van der Waals surface area contributed by atoms with Crippen molar-refractivity contribution in [2.24, 2.45) is 0 Å². The number of amides is 2. The van der Waals surface area contributed by atoms with E-state index in [1.807, 2.05) is 0 Å². The highest BCUT2D eigenvalue weighted by Crippen LogP contribution is 2.23. The monoisotopic (exact) mass is 331 g/mol. The lowest BCUT2D eigenvalue weighted by molar-refractivity contribution is -0.146. The van der Waals surface area contributed by atoms with Crippen molar-refractivity contribution in [1.29, 1.82) is 0 Å². The predicted molar refractivity (Wildman–Crippen MR) is 97.2 cm³/mol. The number of hydrogen-bond donors (Lipinski definition) is 1. The van der Waals surface area contributed by atoms with Crippen LogP contribution in [0.15, 0.2) is 18.2 Å². The van der Waals surface area contributed by atoms with Crippen LogP contribution in [-0.2, 0) is 9.59 Å². The van der Waals surface area contributed by atoms with Crippen molar-refractivity contribution in [2.45, 2.75) is 40.0 Å². The summed E-state index contributed by atoms with van der Waals surface area (Å²) in [5.41, 5.74) is 3.79. The summed E-state index contributed by atoms with van der Waals surface area (Å²) in [6.07, 6.45) is 3.10. The van der Waals surface area contributed by atoms with E-state index in [0.29, 0.717) is 19.6 Å². The Hall–Kier alpha value is -2.04. The Labute approximate surface area is 145 Å². The lowest BCUT2D eigenvalue weighted by Crippen LogP contribution is -2.52. The number of unbranched alkanes of at least 4 members (excludes halogenated alkanes) is 2. The SMILES string of the molecule is CCCCCNC(=O)C(=O)N1CCN(c2cccc(C)c2C)CC1. The van der Waals surface area contributed by atoms with Gasteiger partial charge in [-0.05, 0) is 37.5 Å². The molecule has 1 aromatic rings. The molecule has 1 aliphatic heterocycles. The molecule has 0 aliphatic carbocycles. The number of rotatable bonds is 5. The summed E-state index contributed by atoms with van der Waals surface area (Å²) in [6.45, 7) is 9.65. The highest BCUT2D eigenvalue weighted by molar-refractivity contribution is 6.35. The van der Waals surface area contributed by atoms with Crippen LogP contribution in [0.25, 0.3) is 0 Å². The third kappa shape index (κ3) is 4.49. The van der Waals surface area contributed by atoms with Gasteiger partial charge in [0.05, 0.1) is 0 Å². The number of hydrogen-bond acceptors (Lipinski definition) is 3. The molecule has 1 aliphatic rings. The fourth-order valence-corrected chi connectivity index (χ4v) is 3.02. The van der Waals surface area contributed by atoms with Crippen LogP contribution in [0.4, 0.5) is 5.69 Å². The highest BCUT2D eigenvalue weighted by Gasteiger charge is 2.26. The van der Waals surface area contributed by atoms with Crippen molar-refractivity contribution in [3.05, 3.63) is 29.3 Å². The van der Waals surface area contributed by atoms with E-state index in [0.717, 1.165) is 32.4 Å². The molecule has 2 amide bonds. The Balaban J connectivity index is 1.84. The average molecular weight is 331 g/mol. The van der Waals surface area contributed by atoms with Gasteiger partial charge in [0, 0.05) is 38.4 Å². The summed E-state index contributed by atoms with van der Waals surface area (Å²) in [7, 11) is 0. The number of aryl methyl sites for hydroxylation is 1. The minimum absolute atomic E-state index is 0.396. The number of nitrogens with zero attached hydrogens (tertiary/aromatic N) is 2. The van der Waals surface area contributed by atoms with Crippen LogP contribution in [-0.4, -0.2) is 49.4 Å². The van der Waals surface area contributed by atoms with Gasteiger partial charge in [-0.25, -0.2) is 0 Å². The van der Waals surface area contributed by atoms with Crippen molar-refractivity contribution in [3.63, 3.8) is 0 Å². The Morgan fingerprint density at radius 3 is 2.46 bits per heavy atom. The topological polar surface area (TPSA) is 52.7 Å². The Kier molecular flexibility index (Phi) is 6.64. The van der Waals surface area contributed by atoms with Gasteiger partial charge in [-0.2, -0.15) is 0 Å². The van der Waals surface area contributed by atoms with Crippen molar-refractivity contribution < 1.29 is 9.59 Å². The van der Waals surface area contributed by atoms with Crippen molar-refractivity contribution >= 4 is 17.5 Å². The molecule has 24 heavy (non-hydrogen) atoms. The summed E-state index contributed by atoms with van der Waals surface area (Å²) in [6, 6.07) is 6.31. The van der Waals surface area contributed by atoms with Gasteiger partial charge in [0.1, 0.15) is 0 Å². The largest absolute Gasteiger partial charge is 0.368 e. The molecule has 0 radical (unpaired) electrons. The number of carbonyl (C=O) groups excluding carboxylic acids is 2. The Morgan fingerprint density at radius 1 is 1.08 bits per heavy atom. The van der Waals surface area contributed by atoms with Gasteiger partial charge in [0.2, 0.25) is 0 Å². The third-order valence-corrected chi connectivity index (χ3v) is 4.74. The van der Waals surface area contributed by atoms with Crippen LogP contribution in [0.5, 0.6) is 0 Å². The number of carbonyl (C=O) groups is 2. The second-order valence-electron chi connectivity index (χ2n) is 6.46. The van der Waals surface area contributed by atoms with Crippen LogP contribution in [0.2, 0.25) is 0 Å². The quantitative estimate of drug-likeness (QED) is 0.665. The molecule has 0 spiro atoms. The molecule has 1 N–H and O–H groups in total. The molecule has 0 atom stereocenters. The number of piperazine rings is 1. The molecule has 0 saturated carbocycles. The second kappa shape index (κ2) is 8.71. The van der Waals surface area contributed by atoms with Gasteiger partial charge in [0.25, 0.3) is 0 Å². The normalized spacial score (nSPS) is 14.6. The zero-order valence-corrected chi connectivity index (χ0v) is 15.1. The van der Waals surface area contributed by atoms with Crippen LogP contribution >= 0.6 is 0 Å². The van der Waals surface area contributed by atoms with Gasteiger partial charge in [-0.3, -0.25) is 9.59 Å². The number of nitrogens with one attached hydrogen (secondary N) is 1. The molecule has 2 rings (SSSR count). The molecule has 0 unspecified atom stereocenters. The first-order valence-electron chi connectivity index (χ1n) is 8.93. The minimum Gasteiger partial charge on any atom is -0.368 e. The minimum atomic E-state index is -0.466. The molecule has 1 aromatic carbocycles. The smallest absolute Gasteiger partial charge is 0.312 e. The summed E-state index contributed by atoms with van der Waals surface area (Å²) >= 11 is 0. The first-order chi connectivity index (χ1) is 11.5. The number of benzene rings is 1. The maximum atomic E-state index is 12.2. The zero-order valence-electron chi connectivity index (χ0n) is 15.1. The maximum absolute atomic E-state index is 12.2. The second-order valence-corrected chi connectivity index (χ2v) is 6.46. The lowest BCUT2D eigenvalue weighted by atomic mass is 10.1. The van der Waals surface area contributed by atoms with E-state index < -0.39 is 11.8 Å². The highest BCUT2D eigenvalue weighted by atomic mass is 16.2. The van der Waals surface area contributed by atoms with Gasteiger partial charge in [0.15, 0.2) is 0 Å². The van der Waals surface area contributed by atoms with E-state index >= 15 is 0 Å². The zero-order chi connectivity index (χ0) is 17.5. The van der Waals surface area contributed by atoms with Crippen molar-refractivity contribution in [1.82, 2.24) is 10.2 Å².